The molecule has 1 aromatic rings. The summed E-state index contributed by atoms with van der Waals surface area (Å²) in [4.78, 5) is 0. The molecule has 98 valence electrons. The van der Waals surface area contributed by atoms with Gasteiger partial charge in [0.25, 0.3) is 0 Å². The summed E-state index contributed by atoms with van der Waals surface area (Å²) >= 11 is 0. The van der Waals surface area contributed by atoms with Crippen molar-refractivity contribution in [2.45, 2.75) is 49.7 Å². The SMILES string of the molecule is NC1CCC(F)(CC2CCOc3ccccc32)C1. The molecule has 2 nitrogen and oxygen atoms in total. The molecule has 3 rings (SSSR count). The summed E-state index contributed by atoms with van der Waals surface area (Å²) in [5, 5.41) is 0. The summed E-state index contributed by atoms with van der Waals surface area (Å²) in [6.45, 7) is 0.698. The molecule has 1 aliphatic carbocycles. The van der Waals surface area contributed by atoms with Crippen molar-refractivity contribution >= 4 is 0 Å². The first-order valence-corrected chi connectivity index (χ1v) is 6.82. The van der Waals surface area contributed by atoms with Crippen LogP contribution in [0.2, 0.25) is 0 Å². The lowest BCUT2D eigenvalue weighted by Gasteiger charge is -2.30. The molecule has 0 spiro atoms. The molecular weight excluding hydrogens is 229 g/mol. The molecule has 0 aromatic heterocycles. The standard InChI is InChI=1S/C15H20FNO/c16-15(7-5-12(17)10-15)9-11-6-8-18-14-4-2-1-3-13(11)14/h1-4,11-12H,5-10,17H2. The van der Waals surface area contributed by atoms with Crippen LogP contribution in [-0.2, 0) is 0 Å². The zero-order valence-electron chi connectivity index (χ0n) is 10.6. The van der Waals surface area contributed by atoms with E-state index in [0.29, 0.717) is 25.9 Å². The fourth-order valence-electron chi connectivity index (χ4n) is 3.37. The van der Waals surface area contributed by atoms with Crippen LogP contribution in [-0.4, -0.2) is 18.3 Å². The van der Waals surface area contributed by atoms with Gasteiger partial charge in [0.2, 0.25) is 0 Å². The second-order valence-corrected chi connectivity index (χ2v) is 5.73. The second-order valence-electron chi connectivity index (χ2n) is 5.73. The van der Waals surface area contributed by atoms with Crippen molar-refractivity contribution in [3.63, 3.8) is 0 Å². The van der Waals surface area contributed by atoms with Gasteiger partial charge in [0.05, 0.1) is 6.61 Å². The molecule has 18 heavy (non-hydrogen) atoms. The van der Waals surface area contributed by atoms with E-state index in [0.717, 1.165) is 18.6 Å². The minimum atomic E-state index is -1.06. The molecule has 1 saturated carbocycles. The number of fused-ring (bicyclic) bond motifs is 1. The predicted molar refractivity (Wildman–Crippen MR) is 69.6 cm³/mol. The molecule has 1 aliphatic heterocycles. The molecular formula is C15H20FNO. The number of alkyl halides is 1. The monoisotopic (exact) mass is 249 g/mol. The number of nitrogens with two attached hydrogens (primary N) is 1. The first-order chi connectivity index (χ1) is 8.66. The highest BCUT2D eigenvalue weighted by molar-refractivity contribution is 5.38. The topological polar surface area (TPSA) is 35.2 Å². The number of hydrogen-bond acceptors (Lipinski definition) is 2. The quantitative estimate of drug-likeness (QED) is 0.873. The van der Waals surface area contributed by atoms with Crippen molar-refractivity contribution in [1.29, 1.82) is 0 Å². The highest BCUT2D eigenvalue weighted by atomic mass is 19.1. The Labute approximate surface area is 107 Å². The highest BCUT2D eigenvalue weighted by Gasteiger charge is 2.40. The minimum Gasteiger partial charge on any atom is -0.493 e. The smallest absolute Gasteiger partial charge is 0.122 e. The lowest BCUT2D eigenvalue weighted by atomic mass is 9.82. The predicted octanol–water partition coefficient (Wildman–Crippen LogP) is 3.16. The molecule has 2 N–H and O–H groups in total. The zero-order chi connectivity index (χ0) is 12.6. The third kappa shape index (κ3) is 2.24. The Kier molecular flexibility index (Phi) is 3.02. The van der Waals surface area contributed by atoms with Gasteiger partial charge in [-0.25, -0.2) is 4.39 Å². The fourth-order valence-corrected chi connectivity index (χ4v) is 3.37. The third-order valence-electron chi connectivity index (χ3n) is 4.29. The molecule has 0 radical (unpaired) electrons. The van der Waals surface area contributed by atoms with Gasteiger partial charge in [-0.2, -0.15) is 0 Å². The summed E-state index contributed by atoms with van der Waals surface area (Å²) in [6, 6.07) is 8.07. The molecule has 3 unspecified atom stereocenters. The Morgan fingerprint density at radius 1 is 1.33 bits per heavy atom. The summed E-state index contributed by atoms with van der Waals surface area (Å²) in [6.07, 6.45) is 3.47. The number of hydrogen-bond donors (Lipinski definition) is 1. The van der Waals surface area contributed by atoms with E-state index in [4.69, 9.17) is 10.5 Å². The zero-order valence-corrected chi connectivity index (χ0v) is 10.6. The van der Waals surface area contributed by atoms with Crippen molar-refractivity contribution in [2.24, 2.45) is 5.73 Å². The number of ether oxygens (including phenoxy) is 1. The maximum absolute atomic E-state index is 14.7. The van der Waals surface area contributed by atoms with Crippen molar-refractivity contribution in [3.05, 3.63) is 29.8 Å². The van der Waals surface area contributed by atoms with E-state index in [1.807, 2.05) is 18.2 Å². The largest absolute Gasteiger partial charge is 0.493 e. The lowest BCUT2D eigenvalue weighted by molar-refractivity contribution is 0.131. The summed E-state index contributed by atoms with van der Waals surface area (Å²) in [5.41, 5.74) is 5.95. The Hall–Kier alpha value is -1.09. The van der Waals surface area contributed by atoms with Crippen molar-refractivity contribution < 1.29 is 9.13 Å². The normalized spacial score (nSPS) is 35.0. The van der Waals surface area contributed by atoms with E-state index >= 15 is 0 Å². The van der Waals surface area contributed by atoms with Gasteiger partial charge in [-0.05, 0) is 49.7 Å². The molecule has 0 amide bonds. The van der Waals surface area contributed by atoms with Gasteiger partial charge in [-0.1, -0.05) is 18.2 Å². The first kappa shape index (κ1) is 12.0. The third-order valence-corrected chi connectivity index (χ3v) is 4.29. The van der Waals surface area contributed by atoms with Gasteiger partial charge in [0, 0.05) is 6.04 Å². The molecule has 1 fully saturated rings. The van der Waals surface area contributed by atoms with Gasteiger partial charge in [-0.15, -0.1) is 0 Å². The van der Waals surface area contributed by atoms with Crippen LogP contribution in [0.25, 0.3) is 0 Å². The van der Waals surface area contributed by atoms with Gasteiger partial charge < -0.3 is 10.5 Å². The number of benzene rings is 1. The summed E-state index contributed by atoms with van der Waals surface area (Å²) < 4.78 is 20.3. The summed E-state index contributed by atoms with van der Waals surface area (Å²) in [7, 11) is 0. The van der Waals surface area contributed by atoms with Gasteiger partial charge in [-0.3, -0.25) is 0 Å². The molecule has 2 aliphatic rings. The first-order valence-electron chi connectivity index (χ1n) is 6.82. The van der Waals surface area contributed by atoms with E-state index in [2.05, 4.69) is 6.07 Å². The van der Waals surface area contributed by atoms with Crippen LogP contribution in [0.5, 0.6) is 5.75 Å². The van der Waals surface area contributed by atoms with E-state index < -0.39 is 5.67 Å². The van der Waals surface area contributed by atoms with E-state index in [1.54, 1.807) is 0 Å². The van der Waals surface area contributed by atoms with Crippen LogP contribution in [0.1, 0.15) is 43.6 Å². The number of rotatable bonds is 2. The Morgan fingerprint density at radius 2 is 2.17 bits per heavy atom. The number of para-hydroxylation sites is 1. The Bertz CT molecular complexity index is 436. The average Bonchev–Trinajstić information content (AvgIpc) is 2.70. The molecule has 0 bridgehead atoms. The molecule has 3 heteroatoms. The van der Waals surface area contributed by atoms with Gasteiger partial charge in [0.15, 0.2) is 0 Å². The maximum Gasteiger partial charge on any atom is 0.122 e. The summed E-state index contributed by atoms with van der Waals surface area (Å²) in [5.74, 6) is 1.21. The van der Waals surface area contributed by atoms with Crippen LogP contribution in [0.4, 0.5) is 4.39 Å². The fraction of sp³-hybridized carbons (Fsp3) is 0.600. The van der Waals surface area contributed by atoms with E-state index in [1.165, 1.54) is 5.56 Å². The van der Waals surface area contributed by atoms with Crippen molar-refractivity contribution in [3.8, 4) is 5.75 Å². The molecule has 1 heterocycles. The maximum atomic E-state index is 14.7. The Morgan fingerprint density at radius 3 is 2.94 bits per heavy atom. The van der Waals surface area contributed by atoms with Gasteiger partial charge >= 0.3 is 0 Å². The van der Waals surface area contributed by atoms with Crippen molar-refractivity contribution in [1.82, 2.24) is 0 Å². The Balaban J connectivity index is 1.78. The average molecular weight is 249 g/mol. The minimum absolute atomic E-state index is 0.0464. The van der Waals surface area contributed by atoms with Crippen LogP contribution >= 0.6 is 0 Å². The molecule has 0 saturated heterocycles. The number of halogens is 1. The second kappa shape index (κ2) is 4.54. The van der Waals surface area contributed by atoms with Crippen molar-refractivity contribution in [2.75, 3.05) is 6.61 Å². The van der Waals surface area contributed by atoms with E-state index in [9.17, 15) is 4.39 Å². The van der Waals surface area contributed by atoms with Gasteiger partial charge in [0.1, 0.15) is 11.4 Å². The van der Waals surface area contributed by atoms with Crippen LogP contribution in [0.15, 0.2) is 24.3 Å². The highest BCUT2D eigenvalue weighted by Crippen LogP contribution is 2.44. The molecule has 3 atom stereocenters. The lowest BCUT2D eigenvalue weighted by Crippen LogP contribution is -2.27. The molecule has 1 aromatic carbocycles. The van der Waals surface area contributed by atoms with E-state index in [-0.39, 0.29) is 12.0 Å². The van der Waals surface area contributed by atoms with Crippen LogP contribution < -0.4 is 10.5 Å². The van der Waals surface area contributed by atoms with Crippen LogP contribution in [0.3, 0.4) is 0 Å². The van der Waals surface area contributed by atoms with Crippen LogP contribution in [0, 0.1) is 0 Å².